The lowest BCUT2D eigenvalue weighted by atomic mass is 9.99. The Bertz CT molecular complexity index is 1650. The van der Waals surface area contributed by atoms with Gasteiger partial charge in [0.05, 0.1) is 37.0 Å². The zero-order valence-corrected chi connectivity index (χ0v) is 20.4. The molecule has 0 atom stereocenters. The largest absolute Gasteiger partial charge is 0.466 e. The van der Waals surface area contributed by atoms with E-state index in [1.807, 2.05) is 36.4 Å². The lowest BCUT2D eigenvalue weighted by Crippen LogP contribution is -2.20. The van der Waals surface area contributed by atoms with E-state index in [2.05, 4.69) is 10.3 Å². The van der Waals surface area contributed by atoms with Crippen molar-refractivity contribution in [2.24, 2.45) is 0 Å². The molecule has 0 fully saturated rings. The average molecular weight is 503 g/mol. The normalized spacial score (nSPS) is 11.2. The van der Waals surface area contributed by atoms with E-state index >= 15 is 0 Å². The maximum absolute atomic E-state index is 12.7. The van der Waals surface area contributed by atoms with Crippen LogP contribution in [-0.4, -0.2) is 23.5 Å². The Morgan fingerprint density at radius 2 is 1.89 bits per heavy atom. The highest BCUT2D eigenvalue weighted by Crippen LogP contribution is 2.34. The molecule has 36 heavy (non-hydrogen) atoms. The predicted molar refractivity (Wildman–Crippen MR) is 137 cm³/mol. The number of carbonyl (C=O) groups excluding carboxylic acids is 2. The van der Waals surface area contributed by atoms with E-state index in [9.17, 15) is 14.4 Å². The molecule has 5 aromatic rings. The van der Waals surface area contributed by atoms with Gasteiger partial charge in [0, 0.05) is 27.8 Å². The number of hydrogen-bond acceptors (Lipinski definition) is 8. The molecule has 3 aromatic heterocycles. The average Bonchev–Trinajstić information content (AvgIpc) is 3.47. The van der Waals surface area contributed by atoms with Crippen LogP contribution in [0.2, 0.25) is 0 Å². The summed E-state index contributed by atoms with van der Waals surface area (Å²) in [5.41, 5.74) is 3.81. The molecule has 5 rings (SSSR count). The summed E-state index contributed by atoms with van der Waals surface area (Å²) in [7, 11) is 0. The minimum absolute atomic E-state index is 0.0288. The van der Waals surface area contributed by atoms with Gasteiger partial charge >= 0.3 is 11.6 Å². The molecule has 0 spiro atoms. The number of aryl methyl sites for hydroxylation is 1. The molecular formula is C27H22N2O6S. The van der Waals surface area contributed by atoms with E-state index in [1.54, 1.807) is 31.6 Å². The summed E-state index contributed by atoms with van der Waals surface area (Å²) in [4.78, 5) is 41.4. The van der Waals surface area contributed by atoms with Crippen molar-refractivity contribution in [3.63, 3.8) is 0 Å². The summed E-state index contributed by atoms with van der Waals surface area (Å²) in [6.07, 6.45) is 1.54. The minimum Gasteiger partial charge on any atom is -0.466 e. The minimum atomic E-state index is -0.577. The van der Waals surface area contributed by atoms with Crippen LogP contribution < -0.4 is 10.9 Å². The van der Waals surface area contributed by atoms with Crippen LogP contribution in [0.15, 0.2) is 67.7 Å². The zero-order valence-electron chi connectivity index (χ0n) is 19.6. The van der Waals surface area contributed by atoms with Crippen molar-refractivity contribution < 1.29 is 23.2 Å². The molecule has 2 aromatic carbocycles. The van der Waals surface area contributed by atoms with Crippen LogP contribution in [0.4, 0.5) is 5.13 Å². The Kier molecular flexibility index (Phi) is 6.39. The second kappa shape index (κ2) is 9.79. The number of furan rings is 1. The molecule has 1 N–H and O–H groups in total. The van der Waals surface area contributed by atoms with Crippen LogP contribution in [0.5, 0.6) is 0 Å². The topological polar surface area (TPSA) is 112 Å². The van der Waals surface area contributed by atoms with Crippen LogP contribution in [0.1, 0.15) is 23.7 Å². The van der Waals surface area contributed by atoms with E-state index < -0.39 is 11.5 Å². The highest BCUT2D eigenvalue weighted by atomic mass is 32.1. The van der Waals surface area contributed by atoms with Crippen LogP contribution in [0.25, 0.3) is 33.1 Å². The summed E-state index contributed by atoms with van der Waals surface area (Å²) in [6, 6.07) is 13.5. The van der Waals surface area contributed by atoms with Crippen molar-refractivity contribution in [1.82, 2.24) is 4.98 Å². The number of carbonyl (C=O) groups is 2. The van der Waals surface area contributed by atoms with Crippen LogP contribution in [0, 0.1) is 6.92 Å². The number of fused-ring (bicyclic) bond motifs is 2. The molecule has 182 valence electrons. The third-order valence-electron chi connectivity index (χ3n) is 5.83. The molecule has 0 bridgehead atoms. The molecule has 0 saturated heterocycles. The summed E-state index contributed by atoms with van der Waals surface area (Å²) in [6.45, 7) is 3.83. The Hall–Kier alpha value is -4.24. The van der Waals surface area contributed by atoms with E-state index in [-0.39, 0.29) is 24.4 Å². The summed E-state index contributed by atoms with van der Waals surface area (Å²) in [5.74, 6) is -0.789. The molecule has 0 radical (unpaired) electrons. The molecule has 0 aliphatic carbocycles. The molecule has 0 aliphatic heterocycles. The number of aromatic nitrogens is 1. The number of ether oxygens (including phenoxy) is 1. The SMILES string of the molecule is CCOC(=O)Cc1csc(NC(=O)Cc2c(C)c3cc4c(-c5ccccc5)coc4cc3oc2=O)n1. The third kappa shape index (κ3) is 4.65. The van der Waals surface area contributed by atoms with Crippen LogP contribution in [-0.2, 0) is 27.2 Å². The smallest absolute Gasteiger partial charge is 0.340 e. The lowest BCUT2D eigenvalue weighted by Gasteiger charge is -2.08. The van der Waals surface area contributed by atoms with Gasteiger partial charge in [-0.05, 0) is 31.0 Å². The first-order chi connectivity index (χ1) is 17.4. The fourth-order valence-corrected chi connectivity index (χ4v) is 4.81. The van der Waals surface area contributed by atoms with Crippen molar-refractivity contribution >= 4 is 50.3 Å². The number of rotatable bonds is 7. The summed E-state index contributed by atoms with van der Waals surface area (Å²) in [5, 5.41) is 6.34. The van der Waals surface area contributed by atoms with Crippen molar-refractivity contribution in [3.05, 3.63) is 81.3 Å². The monoisotopic (exact) mass is 502 g/mol. The zero-order chi connectivity index (χ0) is 25.2. The van der Waals surface area contributed by atoms with Crippen molar-refractivity contribution in [1.29, 1.82) is 0 Å². The van der Waals surface area contributed by atoms with Gasteiger partial charge < -0.3 is 18.9 Å². The fraction of sp³-hybridized carbons (Fsp3) is 0.185. The van der Waals surface area contributed by atoms with Gasteiger partial charge in [-0.15, -0.1) is 11.3 Å². The van der Waals surface area contributed by atoms with E-state index in [0.29, 0.717) is 34.2 Å². The molecule has 0 unspecified atom stereocenters. The highest BCUT2D eigenvalue weighted by molar-refractivity contribution is 7.13. The van der Waals surface area contributed by atoms with Crippen molar-refractivity contribution in [3.8, 4) is 11.1 Å². The maximum atomic E-state index is 12.7. The molecule has 3 heterocycles. The predicted octanol–water partition coefficient (Wildman–Crippen LogP) is 5.26. The van der Waals surface area contributed by atoms with E-state index in [4.69, 9.17) is 13.6 Å². The Morgan fingerprint density at radius 3 is 2.67 bits per heavy atom. The van der Waals surface area contributed by atoms with Gasteiger partial charge in [0.25, 0.3) is 0 Å². The molecular weight excluding hydrogens is 480 g/mol. The third-order valence-corrected chi connectivity index (χ3v) is 6.64. The molecule has 8 nitrogen and oxygen atoms in total. The number of benzene rings is 2. The van der Waals surface area contributed by atoms with Gasteiger partial charge in [-0.3, -0.25) is 9.59 Å². The van der Waals surface area contributed by atoms with Gasteiger partial charge in [0.1, 0.15) is 11.2 Å². The standard InChI is InChI=1S/C27H22N2O6S/c1-3-33-25(31)9-17-14-36-27(28-17)29-24(30)11-19-15(2)18-10-20-21(16-7-5-4-6-8-16)13-34-22(20)12-23(18)35-26(19)32/h4-8,10,12-14H,3,9,11H2,1-2H3,(H,28,29,30). The first kappa shape index (κ1) is 23.5. The van der Waals surface area contributed by atoms with Gasteiger partial charge in [0.15, 0.2) is 5.13 Å². The summed E-state index contributed by atoms with van der Waals surface area (Å²) >= 11 is 1.20. The Labute approximate surface area is 209 Å². The maximum Gasteiger partial charge on any atom is 0.340 e. The van der Waals surface area contributed by atoms with Crippen molar-refractivity contribution in [2.75, 3.05) is 11.9 Å². The number of esters is 1. The van der Waals surface area contributed by atoms with Gasteiger partial charge in [0.2, 0.25) is 5.91 Å². The quantitative estimate of drug-likeness (QED) is 0.239. The summed E-state index contributed by atoms with van der Waals surface area (Å²) < 4.78 is 16.2. The number of nitrogens with zero attached hydrogens (tertiary/aromatic N) is 1. The number of hydrogen-bond donors (Lipinski definition) is 1. The number of amides is 1. The first-order valence-electron chi connectivity index (χ1n) is 11.4. The van der Waals surface area contributed by atoms with Crippen LogP contribution >= 0.6 is 11.3 Å². The molecule has 9 heteroatoms. The highest BCUT2D eigenvalue weighted by Gasteiger charge is 2.19. The second-order valence-corrected chi connectivity index (χ2v) is 9.06. The second-order valence-electron chi connectivity index (χ2n) is 8.20. The van der Waals surface area contributed by atoms with Gasteiger partial charge in [-0.1, -0.05) is 30.3 Å². The van der Waals surface area contributed by atoms with E-state index in [0.717, 1.165) is 21.9 Å². The van der Waals surface area contributed by atoms with Gasteiger partial charge in [-0.2, -0.15) is 0 Å². The lowest BCUT2D eigenvalue weighted by molar-refractivity contribution is -0.142. The fourth-order valence-electron chi connectivity index (χ4n) is 4.09. The van der Waals surface area contributed by atoms with E-state index in [1.165, 1.54) is 11.3 Å². The van der Waals surface area contributed by atoms with Gasteiger partial charge in [-0.25, -0.2) is 9.78 Å². The number of anilines is 1. The Balaban J connectivity index is 1.42. The molecule has 1 amide bonds. The molecule has 0 saturated carbocycles. The first-order valence-corrected chi connectivity index (χ1v) is 12.2. The van der Waals surface area contributed by atoms with Crippen LogP contribution in [0.3, 0.4) is 0 Å². The molecule has 0 aliphatic rings. The Morgan fingerprint density at radius 1 is 1.08 bits per heavy atom. The van der Waals surface area contributed by atoms with Crippen molar-refractivity contribution in [2.45, 2.75) is 26.7 Å². The number of nitrogens with one attached hydrogen (secondary N) is 1. The number of thiazole rings is 1.